The summed E-state index contributed by atoms with van der Waals surface area (Å²) in [4.78, 5) is 30.2. The van der Waals surface area contributed by atoms with Crippen molar-refractivity contribution in [2.24, 2.45) is 5.73 Å². The normalized spacial score (nSPS) is 22.6. The number of hydrogen-bond acceptors (Lipinski definition) is 8. The third-order valence-electron chi connectivity index (χ3n) is 8.10. The van der Waals surface area contributed by atoms with E-state index in [1.54, 1.807) is 0 Å². The van der Waals surface area contributed by atoms with Gasteiger partial charge in [0.05, 0.1) is 11.2 Å². The SMILES string of the molecule is Cl.Cl.NC1CCC(Nc2nc(NC3CCN(C(=O)c4cccs4)CC3)c3ncn(C4CCCC4)c3n2)CC1. The van der Waals surface area contributed by atoms with Gasteiger partial charge in [-0.15, -0.1) is 36.2 Å². The van der Waals surface area contributed by atoms with E-state index in [-0.39, 0.29) is 36.8 Å². The van der Waals surface area contributed by atoms with Gasteiger partial charge in [-0.1, -0.05) is 18.9 Å². The average Bonchev–Trinajstić information content (AvgIpc) is 3.67. The lowest BCUT2D eigenvalue weighted by Gasteiger charge is -2.32. The highest BCUT2D eigenvalue weighted by molar-refractivity contribution is 7.12. The zero-order chi connectivity index (χ0) is 24.5. The molecule has 38 heavy (non-hydrogen) atoms. The van der Waals surface area contributed by atoms with Crippen LogP contribution in [0, 0.1) is 0 Å². The summed E-state index contributed by atoms with van der Waals surface area (Å²) >= 11 is 1.51. The van der Waals surface area contributed by atoms with Crippen LogP contribution in [0.2, 0.25) is 0 Å². The van der Waals surface area contributed by atoms with Crippen molar-refractivity contribution >= 4 is 65.0 Å². The fraction of sp³-hybridized carbons (Fsp3) is 0.615. The summed E-state index contributed by atoms with van der Waals surface area (Å²) < 4.78 is 2.26. The molecule has 12 heteroatoms. The molecule has 3 aliphatic rings. The Labute approximate surface area is 240 Å². The molecule has 0 unspecified atom stereocenters. The van der Waals surface area contributed by atoms with Crippen molar-refractivity contribution in [2.75, 3.05) is 23.7 Å². The molecule has 0 radical (unpaired) electrons. The van der Waals surface area contributed by atoms with Gasteiger partial charge in [-0.2, -0.15) is 9.97 Å². The van der Waals surface area contributed by atoms with E-state index >= 15 is 0 Å². The second-order valence-corrected chi connectivity index (χ2v) is 11.6. The molecule has 0 aromatic carbocycles. The van der Waals surface area contributed by atoms with Crippen LogP contribution < -0.4 is 16.4 Å². The molecule has 0 bridgehead atoms. The number of aromatic nitrogens is 4. The predicted octanol–water partition coefficient (Wildman–Crippen LogP) is 5.25. The molecule has 0 atom stereocenters. The van der Waals surface area contributed by atoms with E-state index < -0.39 is 0 Å². The van der Waals surface area contributed by atoms with Crippen molar-refractivity contribution in [3.63, 3.8) is 0 Å². The number of likely N-dealkylation sites (tertiary alicyclic amines) is 1. The molecule has 0 spiro atoms. The molecule has 1 saturated heterocycles. The molecule has 6 rings (SSSR count). The van der Waals surface area contributed by atoms with Gasteiger partial charge in [0, 0.05) is 37.3 Å². The Morgan fingerprint density at radius 3 is 2.34 bits per heavy atom. The van der Waals surface area contributed by atoms with Crippen LogP contribution in [0.1, 0.15) is 79.9 Å². The highest BCUT2D eigenvalue weighted by Gasteiger charge is 2.27. The summed E-state index contributed by atoms with van der Waals surface area (Å²) in [5, 5.41) is 9.25. The van der Waals surface area contributed by atoms with Crippen molar-refractivity contribution in [1.29, 1.82) is 0 Å². The monoisotopic (exact) mass is 580 g/mol. The van der Waals surface area contributed by atoms with E-state index in [4.69, 9.17) is 20.7 Å². The second kappa shape index (κ2) is 12.8. The number of nitrogens with one attached hydrogen (secondary N) is 2. The molecule has 2 aliphatic carbocycles. The van der Waals surface area contributed by atoms with E-state index in [1.807, 2.05) is 28.7 Å². The topological polar surface area (TPSA) is 114 Å². The van der Waals surface area contributed by atoms with Gasteiger partial charge in [-0.3, -0.25) is 4.79 Å². The average molecular weight is 582 g/mol. The first-order valence-corrected chi connectivity index (χ1v) is 14.4. The lowest BCUT2D eigenvalue weighted by Crippen LogP contribution is -2.42. The first kappa shape index (κ1) is 28.9. The number of rotatable bonds is 6. The number of amides is 1. The minimum Gasteiger partial charge on any atom is -0.365 e. The van der Waals surface area contributed by atoms with Crippen LogP contribution >= 0.6 is 36.2 Å². The molecule has 4 heterocycles. The molecule has 1 amide bonds. The molecule has 3 aromatic rings. The molecule has 3 fully saturated rings. The Hall–Kier alpha value is -2.14. The molecular formula is C26H38Cl2N8OS. The minimum absolute atomic E-state index is 0. The lowest BCUT2D eigenvalue weighted by molar-refractivity contribution is 0.0723. The number of halogens is 2. The van der Waals surface area contributed by atoms with Crippen LogP contribution in [0.5, 0.6) is 0 Å². The summed E-state index contributed by atoms with van der Waals surface area (Å²) in [5.41, 5.74) is 7.88. The Morgan fingerprint density at radius 2 is 1.66 bits per heavy atom. The number of carbonyl (C=O) groups excluding carboxylic acids is 1. The third-order valence-corrected chi connectivity index (χ3v) is 8.96. The largest absolute Gasteiger partial charge is 0.365 e. The number of carbonyl (C=O) groups is 1. The van der Waals surface area contributed by atoms with Gasteiger partial charge in [0.25, 0.3) is 5.91 Å². The number of imidazole rings is 1. The van der Waals surface area contributed by atoms with Gasteiger partial charge in [0.2, 0.25) is 5.95 Å². The second-order valence-electron chi connectivity index (χ2n) is 10.6. The Morgan fingerprint density at radius 1 is 0.947 bits per heavy atom. The maximum atomic E-state index is 12.7. The maximum Gasteiger partial charge on any atom is 0.263 e. The van der Waals surface area contributed by atoms with Crippen molar-refractivity contribution < 1.29 is 4.79 Å². The van der Waals surface area contributed by atoms with Crippen molar-refractivity contribution in [2.45, 2.75) is 88.4 Å². The van der Waals surface area contributed by atoms with Gasteiger partial charge in [-0.05, 0) is 62.8 Å². The smallest absolute Gasteiger partial charge is 0.263 e. The highest BCUT2D eigenvalue weighted by Crippen LogP contribution is 2.34. The summed E-state index contributed by atoms with van der Waals surface area (Å²) in [6, 6.07) is 5.21. The van der Waals surface area contributed by atoms with E-state index in [2.05, 4.69) is 15.2 Å². The van der Waals surface area contributed by atoms with Gasteiger partial charge in [-0.25, -0.2) is 4.98 Å². The number of nitrogens with two attached hydrogens (primary N) is 1. The van der Waals surface area contributed by atoms with Gasteiger partial charge < -0.3 is 25.8 Å². The molecule has 4 N–H and O–H groups in total. The van der Waals surface area contributed by atoms with Crippen LogP contribution in [0.15, 0.2) is 23.8 Å². The summed E-state index contributed by atoms with van der Waals surface area (Å²) in [7, 11) is 0. The summed E-state index contributed by atoms with van der Waals surface area (Å²) in [5.74, 6) is 1.62. The zero-order valence-electron chi connectivity index (χ0n) is 21.6. The number of thiophene rings is 1. The number of piperidine rings is 1. The molecule has 2 saturated carbocycles. The molecular weight excluding hydrogens is 543 g/mol. The first-order valence-electron chi connectivity index (χ1n) is 13.5. The third kappa shape index (κ3) is 6.19. The number of nitrogens with zero attached hydrogens (tertiary/aromatic N) is 5. The van der Waals surface area contributed by atoms with E-state index in [9.17, 15) is 4.79 Å². The van der Waals surface area contributed by atoms with Crippen LogP contribution in [0.4, 0.5) is 11.8 Å². The van der Waals surface area contributed by atoms with Crippen molar-refractivity contribution in [3.8, 4) is 0 Å². The molecule has 1 aliphatic heterocycles. The van der Waals surface area contributed by atoms with Crippen LogP contribution in [0.3, 0.4) is 0 Å². The Bertz CT molecular complexity index is 1180. The van der Waals surface area contributed by atoms with Crippen LogP contribution in [0.25, 0.3) is 11.2 Å². The van der Waals surface area contributed by atoms with E-state index in [1.165, 1.54) is 37.0 Å². The Balaban J connectivity index is 0.00000168. The number of anilines is 2. The number of hydrogen-bond donors (Lipinski definition) is 3. The van der Waals surface area contributed by atoms with E-state index in [0.29, 0.717) is 24.1 Å². The predicted molar refractivity (Wildman–Crippen MR) is 158 cm³/mol. The maximum absolute atomic E-state index is 12.7. The molecule has 9 nitrogen and oxygen atoms in total. The number of fused-ring (bicyclic) bond motifs is 1. The standard InChI is InChI=1S/C26H36N8OS.2ClH/c27-17-7-9-18(10-8-17)30-26-31-23(22-24(32-26)34(16-28-22)20-4-1-2-5-20)29-19-11-13-33(14-12-19)25(35)21-6-3-15-36-21;;/h3,6,15-20H,1-2,4-5,7-14,27H2,(H2,29,30,31,32);2*1H. The first-order chi connectivity index (χ1) is 17.6. The van der Waals surface area contributed by atoms with Crippen molar-refractivity contribution in [1.82, 2.24) is 24.4 Å². The highest BCUT2D eigenvalue weighted by atomic mass is 35.5. The van der Waals surface area contributed by atoms with E-state index in [0.717, 1.165) is 73.5 Å². The molecule has 3 aromatic heterocycles. The summed E-state index contributed by atoms with van der Waals surface area (Å²) in [6.45, 7) is 1.49. The van der Waals surface area contributed by atoms with Gasteiger partial charge in [0.15, 0.2) is 17.0 Å². The fourth-order valence-electron chi connectivity index (χ4n) is 5.95. The molecule has 208 valence electrons. The quantitative estimate of drug-likeness (QED) is 0.365. The van der Waals surface area contributed by atoms with Crippen LogP contribution in [-0.4, -0.2) is 61.5 Å². The Kier molecular flexibility index (Phi) is 9.73. The fourth-order valence-corrected chi connectivity index (χ4v) is 6.64. The van der Waals surface area contributed by atoms with Gasteiger partial charge >= 0.3 is 0 Å². The lowest BCUT2D eigenvalue weighted by atomic mass is 9.92. The summed E-state index contributed by atoms with van der Waals surface area (Å²) in [6.07, 6.45) is 12.8. The van der Waals surface area contributed by atoms with Gasteiger partial charge in [0.1, 0.15) is 0 Å². The van der Waals surface area contributed by atoms with Crippen LogP contribution in [-0.2, 0) is 0 Å². The minimum atomic E-state index is 0. The zero-order valence-corrected chi connectivity index (χ0v) is 24.0. The van der Waals surface area contributed by atoms with Crippen molar-refractivity contribution in [3.05, 3.63) is 28.7 Å².